The SMILES string of the molecule is CCCCn1cc(Oc2ccccc2C#N)cn1. The number of nitrogens with zero attached hydrogens (tertiary/aromatic N) is 3. The molecule has 0 bridgehead atoms. The van der Waals surface area contributed by atoms with Gasteiger partial charge in [0.15, 0.2) is 5.75 Å². The molecule has 18 heavy (non-hydrogen) atoms. The van der Waals surface area contributed by atoms with E-state index in [0.29, 0.717) is 17.1 Å². The van der Waals surface area contributed by atoms with E-state index in [0.717, 1.165) is 19.4 Å². The van der Waals surface area contributed by atoms with Gasteiger partial charge in [-0.2, -0.15) is 10.4 Å². The van der Waals surface area contributed by atoms with Crippen LogP contribution in [0.15, 0.2) is 36.7 Å². The maximum Gasteiger partial charge on any atom is 0.165 e. The quantitative estimate of drug-likeness (QED) is 0.806. The van der Waals surface area contributed by atoms with Crippen LogP contribution in [0.2, 0.25) is 0 Å². The minimum absolute atomic E-state index is 0.527. The number of para-hydroxylation sites is 1. The molecular formula is C14H15N3O. The number of ether oxygens (including phenoxy) is 1. The van der Waals surface area contributed by atoms with Crippen molar-refractivity contribution < 1.29 is 4.74 Å². The van der Waals surface area contributed by atoms with Crippen molar-refractivity contribution in [2.75, 3.05) is 0 Å². The first kappa shape index (κ1) is 12.2. The molecule has 0 saturated heterocycles. The first-order chi connectivity index (χ1) is 8.83. The standard InChI is InChI=1S/C14H15N3O/c1-2-3-8-17-11-13(10-16-17)18-14-7-5-4-6-12(14)9-15/h4-7,10-11H,2-3,8H2,1H3. The molecule has 0 N–H and O–H groups in total. The van der Waals surface area contributed by atoms with Crippen LogP contribution in [0.1, 0.15) is 25.3 Å². The zero-order valence-corrected chi connectivity index (χ0v) is 10.3. The number of unbranched alkanes of at least 4 members (excludes halogenated alkanes) is 1. The average Bonchev–Trinajstić information content (AvgIpc) is 2.84. The molecule has 1 aromatic carbocycles. The normalized spacial score (nSPS) is 10.0. The average molecular weight is 241 g/mol. The molecule has 0 fully saturated rings. The van der Waals surface area contributed by atoms with Crippen LogP contribution >= 0.6 is 0 Å². The van der Waals surface area contributed by atoms with Crippen molar-refractivity contribution in [1.29, 1.82) is 5.26 Å². The Hall–Kier alpha value is -2.28. The molecule has 4 heteroatoms. The van der Waals surface area contributed by atoms with Crippen molar-refractivity contribution in [3.63, 3.8) is 0 Å². The highest BCUT2D eigenvalue weighted by Crippen LogP contribution is 2.24. The van der Waals surface area contributed by atoms with E-state index < -0.39 is 0 Å². The van der Waals surface area contributed by atoms with Crippen molar-refractivity contribution >= 4 is 0 Å². The summed E-state index contributed by atoms with van der Waals surface area (Å²) >= 11 is 0. The molecule has 4 nitrogen and oxygen atoms in total. The summed E-state index contributed by atoms with van der Waals surface area (Å²) in [6, 6.07) is 9.28. The molecule has 92 valence electrons. The largest absolute Gasteiger partial charge is 0.453 e. The van der Waals surface area contributed by atoms with Crippen LogP contribution in [-0.4, -0.2) is 9.78 Å². The second kappa shape index (κ2) is 5.87. The number of aryl methyl sites for hydroxylation is 1. The molecule has 0 aliphatic rings. The van der Waals surface area contributed by atoms with E-state index >= 15 is 0 Å². The molecule has 1 aromatic heterocycles. The first-order valence-electron chi connectivity index (χ1n) is 6.03. The van der Waals surface area contributed by atoms with E-state index in [1.165, 1.54) is 0 Å². The minimum Gasteiger partial charge on any atom is -0.453 e. The van der Waals surface area contributed by atoms with Crippen molar-refractivity contribution in [2.24, 2.45) is 0 Å². The van der Waals surface area contributed by atoms with Gasteiger partial charge in [-0.15, -0.1) is 0 Å². The predicted molar refractivity (Wildman–Crippen MR) is 68.4 cm³/mol. The molecule has 0 aliphatic heterocycles. The van der Waals surface area contributed by atoms with Crippen LogP contribution in [0.3, 0.4) is 0 Å². The molecule has 0 spiro atoms. The van der Waals surface area contributed by atoms with Crippen molar-refractivity contribution in [2.45, 2.75) is 26.3 Å². The lowest BCUT2D eigenvalue weighted by Crippen LogP contribution is -1.96. The number of rotatable bonds is 5. The maximum absolute atomic E-state index is 8.97. The molecule has 0 aliphatic carbocycles. The summed E-state index contributed by atoms with van der Waals surface area (Å²) in [6.45, 7) is 3.03. The van der Waals surface area contributed by atoms with Crippen molar-refractivity contribution in [1.82, 2.24) is 9.78 Å². The van der Waals surface area contributed by atoms with Gasteiger partial charge in [-0.1, -0.05) is 25.5 Å². The van der Waals surface area contributed by atoms with Gasteiger partial charge < -0.3 is 4.74 Å². The number of aromatic nitrogens is 2. The van der Waals surface area contributed by atoms with E-state index in [-0.39, 0.29) is 0 Å². The van der Waals surface area contributed by atoms with Gasteiger partial charge in [0, 0.05) is 6.54 Å². The van der Waals surface area contributed by atoms with Crippen molar-refractivity contribution in [3.8, 4) is 17.6 Å². The zero-order valence-electron chi connectivity index (χ0n) is 10.3. The minimum atomic E-state index is 0.527. The summed E-state index contributed by atoms with van der Waals surface area (Å²) in [4.78, 5) is 0. The Morgan fingerprint density at radius 2 is 2.22 bits per heavy atom. The number of hydrogen-bond donors (Lipinski definition) is 0. The van der Waals surface area contributed by atoms with Gasteiger partial charge in [-0.05, 0) is 18.6 Å². The van der Waals surface area contributed by atoms with Crippen LogP contribution in [0, 0.1) is 11.3 Å². The predicted octanol–water partition coefficient (Wildman–Crippen LogP) is 3.35. The molecule has 1 heterocycles. The molecule has 0 unspecified atom stereocenters. The van der Waals surface area contributed by atoms with Crippen LogP contribution in [-0.2, 0) is 6.54 Å². The first-order valence-corrected chi connectivity index (χ1v) is 6.03. The monoisotopic (exact) mass is 241 g/mol. The highest BCUT2D eigenvalue weighted by molar-refractivity contribution is 5.44. The summed E-state index contributed by atoms with van der Waals surface area (Å²) < 4.78 is 7.51. The van der Waals surface area contributed by atoms with Crippen molar-refractivity contribution in [3.05, 3.63) is 42.2 Å². The Labute approximate surface area is 106 Å². The van der Waals surface area contributed by atoms with Gasteiger partial charge in [-0.3, -0.25) is 4.68 Å². The summed E-state index contributed by atoms with van der Waals surface area (Å²) in [5, 5.41) is 13.2. The molecule has 2 rings (SSSR count). The van der Waals surface area contributed by atoms with Gasteiger partial charge in [0.2, 0.25) is 0 Å². The molecule has 0 atom stereocenters. The van der Waals surface area contributed by atoms with E-state index in [1.807, 2.05) is 23.0 Å². The summed E-state index contributed by atoms with van der Waals surface area (Å²) in [7, 11) is 0. The Kier molecular flexibility index (Phi) is 3.98. The van der Waals surface area contributed by atoms with E-state index in [4.69, 9.17) is 10.00 Å². The second-order valence-corrected chi connectivity index (χ2v) is 4.00. The van der Waals surface area contributed by atoms with Crippen LogP contribution in [0.5, 0.6) is 11.5 Å². The Balaban J connectivity index is 2.09. The fourth-order valence-corrected chi connectivity index (χ4v) is 1.61. The van der Waals surface area contributed by atoms with Gasteiger partial charge in [0.05, 0.1) is 18.0 Å². The lowest BCUT2D eigenvalue weighted by atomic mass is 10.2. The van der Waals surface area contributed by atoms with Gasteiger partial charge in [0.1, 0.15) is 11.8 Å². The Morgan fingerprint density at radius 3 is 3.00 bits per heavy atom. The molecule has 0 saturated carbocycles. The smallest absolute Gasteiger partial charge is 0.165 e. The van der Waals surface area contributed by atoms with E-state index in [9.17, 15) is 0 Å². The van der Waals surface area contributed by atoms with Gasteiger partial charge in [0.25, 0.3) is 0 Å². The third-order valence-electron chi connectivity index (χ3n) is 2.59. The summed E-state index contributed by atoms with van der Waals surface area (Å²) in [5.41, 5.74) is 0.527. The fourth-order valence-electron chi connectivity index (χ4n) is 1.61. The molecule has 0 amide bonds. The van der Waals surface area contributed by atoms with Crippen LogP contribution in [0.25, 0.3) is 0 Å². The second-order valence-electron chi connectivity index (χ2n) is 4.00. The number of nitriles is 1. The maximum atomic E-state index is 8.97. The highest BCUT2D eigenvalue weighted by Gasteiger charge is 2.05. The number of benzene rings is 1. The summed E-state index contributed by atoms with van der Waals surface area (Å²) in [6.07, 6.45) is 5.75. The fraction of sp³-hybridized carbons (Fsp3) is 0.286. The third-order valence-corrected chi connectivity index (χ3v) is 2.59. The lowest BCUT2D eigenvalue weighted by Gasteiger charge is -2.03. The zero-order chi connectivity index (χ0) is 12.8. The van der Waals surface area contributed by atoms with Gasteiger partial charge in [-0.25, -0.2) is 0 Å². The topological polar surface area (TPSA) is 50.8 Å². The van der Waals surface area contributed by atoms with Crippen LogP contribution < -0.4 is 4.74 Å². The number of hydrogen-bond acceptors (Lipinski definition) is 3. The summed E-state index contributed by atoms with van der Waals surface area (Å²) in [5.74, 6) is 1.23. The Morgan fingerprint density at radius 1 is 1.39 bits per heavy atom. The van der Waals surface area contributed by atoms with E-state index in [2.05, 4.69) is 18.1 Å². The molecule has 2 aromatic rings. The third kappa shape index (κ3) is 2.89. The molecule has 0 radical (unpaired) electrons. The highest BCUT2D eigenvalue weighted by atomic mass is 16.5. The van der Waals surface area contributed by atoms with Crippen LogP contribution in [0.4, 0.5) is 0 Å². The van der Waals surface area contributed by atoms with E-state index in [1.54, 1.807) is 18.3 Å². The Bertz CT molecular complexity index is 554. The van der Waals surface area contributed by atoms with Gasteiger partial charge >= 0.3 is 0 Å². The lowest BCUT2D eigenvalue weighted by molar-refractivity contribution is 0.478. The molecular weight excluding hydrogens is 226 g/mol.